The van der Waals surface area contributed by atoms with Gasteiger partial charge in [-0.1, -0.05) is 23.9 Å². The summed E-state index contributed by atoms with van der Waals surface area (Å²) in [4.78, 5) is 7.77. The van der Waals surface area contributed by atoms with Gasteiger partial charge in [0.25, 0.3) is 10.0 Å². The summed E-state index contributed by atoms with van der Waals surface area (Å²) in [5, 5.41) is 12.4. The Kier molecular flexibility index (Phi) is 4.50. The zero-order valence-corrected chi connectivity index (χ0v) is 17.1. The van der Waals surface area contributed by atoms with E-state index in [2.05, 4.69) is 16.0 Å². The fourth-order valence-electron chi connectivity index (χ4n) is 2.99. The van der Waals surface area contributed by atoms with Crippen LogP contribution in [0.25, 0.3) is 10.9 Å². The lowest BCUT2D eigenvalue weighted by molar-refractivity contribution is 0.596. The maximum Gasteiger partial charge on any atom is 0.273 e. The number of aromatic amines is 1. The van der Waals surface area contributed by atoms with Crippen LogP contribution in [0.4, 0.5) is 5.69 Å². The van der Waals surface area contributed by atoms with Crippen molar-refractivity contribution in [2.45, 2.75) is 16.4 Å². The average molecular weight is 417 g/mol. The molecule has 9 heteroatoms. The van der Waals surface area contributed by atoms with E-state index in [9.17, 15) is 8.42 Å². The molecule has 1 N–H and O–H groups in total. The van der Waals surface area contributed by atoms with Gasteiger partial charge >= 0.3 is 0 Å². The first kappa shape index (κ1) is 18.1. The van der Waals surface area contributed by atoms with Crippen molar-refractivity contribution in [2.75, 3.05) is 17.9 Å². The monoisotopic (exact) mass is 416 g/mol. The molecule has 0 saturated heterocycles. The number of aryl methyl sites for hydroxylation is 1. The number of sulfonamides is 1. The predicted molar refractivity (Wildman–Crippen MR) is 111 cm³/mol. The Hall–Kier alpha value is -2.28. The number of rotatable bonds is 4. The Labute approximate surface area is 165 Å². The Morgan fingerprint density at radius 2 is 2.19 bits per heavy atom. The fourth-order valence-corrected chi connectivity index (χ4v) is 6.21. The van der Waals surface area contributed by atoms with Gasteiger partial charge in [-0.2, -0.15) is 5.26 Å². The van der Waals surface area contributed by atoms with E-state index < -0.39 is 10.0 Å². The topological polar surface area (TPSA) is 89.3 Å². The van der Waals surface area contributed by atoms with Gasteiger partial charge in [0.2, 0.25) is 0 Å². The summed E-state index contributed by atoms with van der Waals surface area (Å²) in [5.74, 6) is 0. The molecule has 1 atom stereocenters. The van der Waals surface area contributed by atoms with Crippen LogP contribution in [0.3, 0.4) is 0 Å². The Balaban J connectivity index is 1.81. The van der Waals surface area contributed by atoms with E-state index in [1.54, 1.807) is 24.6 Å². The molecule has 138 valence electrons. The smallest absolute Gasteiger partial charge is 0.273 e. The second-order valence-corrected chi connectivity index (χ2v) is 10.5. The second kappa shape index (κ2) is 6.71. The van der Waals surface area contributed by atoms with Gasteiger partial charge in [0.05, 0.1) is 29.5 Å². The van der Waals surface area contributed by atoms with Gasteiger partial charge in [0.1, 0.15) is 14.5 Å². The minimum atomic E-state index is -3.62. The van der Waals surface area contributed by atoms with Crippen LogP contribution in [0.15, 0.2) is 44.9 Å². The van der Waals surface area contributed by atoms with Crippen molar-refractivity contribution in [2.24, 2.45) is 4.99 Å². The quantitative estimate of drug-likeness (QED) is 0.701. The Bertz CT molecular complexity index is 1190. The first-order valence-electron chi connectivity index (χ1n) is 8.17. The third kappa shape index (κ3) is 3.04. The van der Waals surface area contributed by atoms with Crippen molar-refractivity contribution < 1.29 is 8.42 Å². The predicted octanol–water partition coefficient (Wildman–Crippen LogP) is 3.75. The van der Waals surface area contributed by atoms with Crippen LogP contribution in [-0.4, -0.2) is 37.3 Å². The van der Waals surface area contributed by atoms with Gasteiger partial charge in [-0.15, -0.1) is 11.3 Å². The summed E-state index contributed by atoms with van der Waals surface area (Å²) in [6.45, 7) is 2.46. The average Bonchev–Trinajstić information content (AvgIpc) is 3.40. The number of benzene rings is 1. The number of thiophene rings is 1. The summed E-state index contributed by atoms with van der Waals surface area (Å²) in [7, 11) is -2.06. The van der Waals surface area contributed by atoms with Crippen molar-refractivity contribution in [3.63, 3.8) is 0 Å². The van der Waals surface area contributed by atoms with Crippen molar-refractivity contribution in [3.8, 4) is 6.07 Å². The molecular weight excluding hydrogens is 400 g/mol. The summed E-state index contributed by atoms with van der Waals surface area (Å²) in [6, 6.07) is 11.3. The third-order valence-corrected chi connectivity index (χ3v) is 8.72. The van der Waals surface area contributed by atoms with Gasteiger partial charge in [-0.3, -0.25) is 9.30 Å². The summed E-state index contributed by atoms with van der Waals surface area (Å²) >= 11 is 2.63. The highest BCUT2D eigenvalue weighted by Crippen LogP contribution is 2.35. The van der Waals surface area contributed by atoms with Crippen molar-refractivity contribution in [1.82, 2.24) is 4.98 Å². The number of aliphatic imine (C=N–C) groups is 1. The van der Waals surface area contributed by atoms with E-state index in [1.807, 2.05) is 25.1 Å². The Morgan fingerprint density at radius 3 is 2.85 bits per heavy atom. The molecule has 0 fully saturated rings. The lowest BCUT2D eigenvalue weighted by Gasteiger charge is -2.19. The molecule has 2 aromatic heterocycles. The molecule has 1 aliphatic rings. The molecule has 0 amide bonds. The number of nitrogens with one attached hydrogen (secondary N) is 1. The largest absolute Gasteiger partial charge is 0.351 e. The van der Waals surface area contributed by atoms with Crippen molar-refractivity contribution in [3.05, 3.63) is 47.0 Å². The highest BCUT2D eigenvalue weighted by molar-refractivity contribution is 8.15. The molecule has 0 saturated carbocycles. The zero-order valence-electron chi connectivity index (χ0n) is 14.6. The summed E-state index contributed by atoms with van der Waals surface area (Å²) in [5.41, 5.74) is 3.18. The zero-order chi connectivity index (χ0) is 19.2. The maximum absolute atomic E-state index is 12.9. The van der Waals surface area contributed by atoms with Crippen LogP contribution in [0, 0.1) is 18.3 Å². The van der Waals surface area contributed by atoms with Gasteiger partial charge in [0, 0.05) is 12.4 Å². The van der Waals surface area contributed by atoms with E-state index in [0.29, 0.717) is 16.4 Å². The van der Waals surface area contributed by atoms with Crippen molar-refractivity contribution in [1.29, 1.82) is 5.26 Å². The van der Waals surface area contributed by atoms with Crippen LogP contribution in [0.5, 0.6) is 0 Å². The molecular formula is C18H16N4O2S3. The maximum atomic E-state index is 12.9. The molecule has 0 radical (unpaired) electrons. The van der Waals surface area contributed by atoms with Crippen LogP contribution < -0.4 is 4.31 Å². The summed E-state index contributed by atoms with van der Waals surface area (Å²) in [6.07, 6.45) is 0. The van der Waals surface area contributed by atoms with E-state index in [1.165, 1.54) is 27.4 Å². The lowest BCUT2D eigenvalue weighted by Crippen LogP contribution is -2.26. The fraction of sp³-hybridized carbons (Fsp3) is 0.222. The van der Waals surface area contributed by atoms with Crippen LogP contribution in [-0.2, 0) is 10.0 Å². The minimum Gasteiger partial charge on any atom is -0.351 e. The number of nitriles is 1. The first-order chi connectivity index (χ1) is 12.9. The number of aromatic nitrogens is 1. The number of fused-ring (bicyclic) bond motifs is 1. The molecule has 1 aromatic carbocycles. The van der Waals surface area contributed by atoms with E-state index in [4.69, 9.17) is 5.26 Å². The van der Waals surface area contributed by atoms with Gasteiger partial charge in [0.15, 0.2) is 0 Å². The van der Waals surface area contributed by atoms with Gasteiger partial charge < -0.3 is 4.98 Å². The number of thioether (sulfide) groups is 1. The molecule has 0 spiro atoms. The molecule has 3 heterocycles. The number of hydrogen-bond donors (Lipinski definition) is 1. The normalized spacial score (nSPS) is 17.1. The van der Waals surface area contributed by atoms with E-state index >= 15 is 0 Å². The molecule has 0 bridgehead atoms. The molecule has 1 unspecified atom stereocenters. The first-order valence-corrected chi connectivity index (χ1v) is 11.4. The van der Waals surface area contributed by atoms with Gasteiger partial charge in [-0.05, 0) is 36.1 Å². The SMILES string of the molecule is Cc1ccc(N(C)S(=O)(=O)c2cccs2)c2[nH]c(C3=NCC(C#N)S3)cc12. The number of hydrogen-bond acceptors (Lipinski definition) is 6. The third-order valence-electron chi connectivity index (χ3n) is 4.47. The van der Waals surface area contributed by atoms with Gasteiger partial charge in [-0.25, -0.2) is 8.42 Å². The number of anilines is 1. The molecule has 3 aromatic rings. The number of nitrogens with zero attached hydrogens (tertiary/aromatic N) is 3. The minimum absolute atomic E-state index is 0.172. The molecule has 4 rings (SSSR count). The van der Waals surface area contributed by atoms with E-state index in [-0.39, 0.29) is 5.25 Å². The highest BCUT2D eigenvalue weighted by atomic mass is 32.2. The second-order valence-electron chi connectivity index (χ2n) is 6.16. The number of H-pyrrole nitrogens is 1. The molecule has 6 nitrogen and oxygen atoms in total. The van der Waals surface area contributed by atoms with E-state index in [0.717, 1.165) is 27.2 Å². The standard InChI is InChI=1S/C18H16N4O2S3/c1-11-5-6-15(22(2)27(23,24)16-4-3-7-25-16)17-13(11)8-14(21-17)18-20-10-12(9-19)26-18/h3-8,12,21H,10H2,1-2H3. The molecule has 27 heavy (non-hydrogen) atoms. The Morgan fingerprint density at radius 1 is 1.37 bits per heavy atom. The van der Waals surface area contributed by atoms with Crippen molar-refractivity contribution >= 4 is 54.8 Å². The lowest BCUT2D eigenvalue weighted by atomic mass is 10.1. The molecule has 0 aliphatic carbocycles. The summed E-state index contributed by atoms with van der Waals surface area (Å²) < 4.78 is 27.5. The molecule has 1 aliphatic heterocycles. The van der Waals surface area contributed by atoms with Crippen LogP contribution in [0.1, 0.15) is 11.3 Å². The van der Waals surface area contributed by atoms with Crippen LogP contribution in [0.2, 0.25) is 0 Å². The highest BCUT2D eigenvalue weighted by Gasteiger charge is 2.26. The van der Waals surface area contributed by atoms with Crippen LogP contribution >= 0.6 is 23.1 Å².